The molecule has 0 radical (unpaired) electrons. The molecule has 0 aromatic carbocycles. The van der Waals surface area contributed by atoms with Gasteiger partial charge in [0.05, 0.1) is 6.33 Å². The molecule has 0 spiro atoms. The second-order valence-corrected chi connectivity index (χ2v) is 4.27. The molecule has 0 saturated carbocycles. The normalized spacial score (nSPS) is 11.6. The summed E-state index contributed by atoms with van der Waals surface area (Å²) < 4.78 is 3.39. The Morgan fingerprint density at radius 3 is 3.11 bits per heavy atom. The van der Waals surface area contributed by atoms with Gasteiger partial charge in [-0.1, -0.05) is 19.8 Å². The van der Waals surface area contributed by atoms with Crippen LogP contribution in [-0.2, 0) is 6.54 Å². The van der Waals surface area contributed by atoms with Crippen LogP contribution in [0.3, 0.4) is 0 Å². The van der Waals surface area contributed by atoms with Gasteiger partial charge < -0.3 is 4.98 Å². The highest BCUT2D eigenvalue weighted by molar-refractivity contribution is 5.71. The molecule has 0 aliphatic rings. The van der Waals surface area contributed by atoms with Gasteiger partial charge in [0.1, 0.15) is 11.8 Å². The Labute approximate surface area is 102 Å². The van der Waals surface area contributed by atoms with Gasteiger partial charge in [-0.3, -0.25) is 9.36 Å². The van der Waals surface area contributed by atoms with Crippen LogP contribution < -0.4 is 5.56 Å². The minimum atomic E-state index is -0.158. The summed E-state index contributed by atoms with van der Waals surface area (Å²) in [6.07, 6.45) is 6.29. The van der Waals surface area contributed by atoms with Gasteiger partial charge in [0.25, 0.3) is 5.56 Å². The number of aromatic nitrogens is 6. The van der Waals surface area contributed by atoms with Crippen molar-refractivity contribution < 1.29 is 0 Å². The molecule has 3 aromatic rings. The smallest absolute Gasteiger partial charge is 0.286 e. The number of imidazole rings is 1. The highest BCUT2D eigenvalue weighted by atomic mass is 16.1. The number of H-pyrrole nitrogens is 1. The van der Waals surface area contributed by atoms with E-state index < -0.39 is 0 Å². The Hall–Kier alpha value is -2.18. The van der Waals surface area contributed by atoms with Gasteiger partial charge >= 0.3 is 0 Å². The Balaban J connectivity index is 2.23. The van der Waals surface area contributed by atoms with E-state index in [0.29, 0.717) is 16.9 Å². The Bertz CT molecular complexity index is 682. The van der Waals surface area contributed by atoms with E-state index in [4.69, 9.17) is 0 Å². The minimum absolute atomic E-state index is 0.158. The van der Waals surface area contributed by atoms with E-state index in [2.05, 4.69) is 27.1 Å². The molecule has 94 valence electrons. The van der Waals surface area contributed by atoms with Crippen molar-refractivity contribution in [3.63, 3.8) is 0 Å². The standard InChI is InChI=1S/C11H14N6O/c1-2-3-4-5-16-9-8(12-6-13-9)10(18)17-7-14-15-11(16)17/h6-7H,2-5H2,1H3,(H,12,13). The predicted molar refractivity (Wildman–Crippen MR) is 66.4 cm³/mol. The molecule has 3 aromatic heterocycles. The van der Waals surface area contributed by atoms with Gasteiger partial charge in [-0.2, -0.15) is 0 Å². The fourth-order valence-electron chi connectivity index (χ4n) is 2.15. The summed E-state index contributed by atoms with van der Waals surface area (Å²) in [6, 6.07) is 0. The second kappa shape index (κ2) is 4.25. The van der Waals surface area contributed by atoms with Crippen LogP contribution in [0.5, 0.6) is 0 Å². The van der Waals surface area contributed by atoms with Crippen molar-refractivity contribution in [2.45, 2.75) is 32.7 Å². The van der Waals surface area contributed by atoms with Gasteiger partial charge in [-0.25, -0.2) is 9.38 Å². The Kier molecular flexibility index (Phi) is 2.58. The zero-order chi connectivity index (χ0) is 12.5. The molecule has 1 N–H and O–H groups in total. The van der Waals surface area contributed by atoms with E-state index >= 15 is 0 Å². The zero-order valence-corrected chi connectivity index (χ0v) is 10.1. The topological polar surface area (TPSA) is 80.9 Å². The van der Waals surface area contributed by atoms with E-state index in [-0.39, 0.29) is 5.56 Å². The minimum Gasteiger partial charge on any atom is -0.339 e. The summed E-state index contributed by atoms with van der Waals surface area (Å²) in [5.74, 6) is 0.552. The van der Waals surface area contributed by atoms with Crippen LogP contribution in [0, 0.1) is 0 Å². The van der Waals surface area contributed by atoms with Crippen LogP contribution in [-0.4, -0.2) is 29.1 Å². The quantitative estimate of drug-likeness (QED) is 0.695. The summed E-state index contributed by atoms with van der Waals surface area (Å²) in [5, 5.41) is 7.81. The van der Waals surface area contributed by atoms with Crippen molar-refractivity contribution >= 4 is 16.9 Å². The third kappa shape index (κ3) is 1.51. The molecule has 0 unspecified atom stereocenters. The number of fused-ring (bicyclic) bond motifs is 2. The zero-order valence-electron chi connectivity index (χ0n) is 10.1. The molecule has 18 heavy (non-hydrogen) atoms. The van der Waals surface area contributed by atoms with Crippen LogP contribution in [0.2, 0.25) is 0 Å². The third-order valence-electron chi connectivity index (χ3n) is 3.06. The maximum absolute atomic E-state index is 12.1. The monoisotopic (exact) mass is 246 g/mol. The largest absolute Gasteiger partial charge is 0.339 e. The third-order valence-corrected chi connectivity index (χ3v) is 3.06. The second-order valence-electron chi connectivity index (χ2n) is 4.27. The van der Waals surface area contributed by atoms with Crippen LogP contribution in [0.1, 0.15) is 26.2 Å². The van der Waals surface area contributed by atoms with Crippen molar-refractivity contribution in [3.8, 4) is 0 Å². The lowest BCUT2D eigenvalue weighted by molar-refractivity contribution is 0.612. The lowest BCUT2D eigenvalue weighted by atomic mass is 10.2. The molecular weight excluding hydrogens is 232 g/mol. The maximum atomic E-state index is 12.1. The van der Waals surface area contributed by atoms with Crippen molar-refractivity contribution in [2.24, 2.45) is 0 Å². The summed E-state index contributed by atoms with van der Waals surface area (Å²) in [4.78, 5) is 19.2. The van der Waals surface area contributed by atoms with E-state index in [1.807, 2.05) is 4.57 Å². The Morgan fingerprint density at radius 1 is 1.39 bits per heavy atom. The summed E-state index contributed by atoms with van der Waals surface area (Å²) in [7, 11) is 0. The number of hydrogen-bond acceptors (Lipinski definition) is 4. The van der Waals surface area contributed by atoms with E-state index in [1.54, 1.807) is 0 Å². The summed E-state index contributed by atoms with van der Waals surface area (Å²) >= 11 is 0. The number of nitrogens with one attached hydrogen (secondary N) is 1. The molecule has 7 heteroatoms. The first-order valence-corrected chi connectivity index (χ1v) is 6.08. The molecule has 0 amide bonds. The number of nitrogens with zero attached hydrogens (tertiary/aromatic N) is 5. The molecule has 0 aliphatic heterocycles. The van der Waals surface area contributed by atoms with Crippen molar-refractivity contribution in [1.29, 1.82) is 0 Å². The maximum Gasteiger partial charge on any atom is 0.286 e. The van der Waals surface area contributed by atoms with E-state index in [0.717, 1.165) is 25.8 Å². The van der Waals surface area contributed by atoms with Gasteiger partial charge in [-0.05, 0) is 6.42 Å². The molecular formula is C11H14N6O. The average Bonchev–Trinajstić information content (AvgIpc) is 3.02. The molecule has 0 aliphatic carbocycles. The fourth-order valence-corrected chi connectivity index (χ4v) is 2.15. The van der Waals surface area contributed by atoms with Gasteiger partial charge in [-0.15, -0.1) is 10.2 Å². The number of aryl methyl sites for hydroxylation is 1. The average molecular weight is 246 g/mol. The van der Waals surface area contributed by atoms with E-state index in [9.17, 15) is 4.79 Å². The van der Waals surface area contributed by atoms with E-state index in [1.165, 1.54) is 17.1 Å². The molecule has 7 nitrogen and oxygen atoms in total. The van der Waals surface area contributed by atoms with Crippen molar-refractivity contribution in [1.82, 2.24) is 29.1 Å². The molecule has 0 bridgehead atoms. The summed E-state index contributed by atoms with van der Waals surface area (Å²) in [5.41, 5.74) is 0.990. The molecule has 0 saturated heterocycles. The first kappa shape index (κ1) is 10.9. The highest BCUT2D eigenvalue weighted by Crippen LogP contribution is 2.10. The highest BCUT2D eigenvalue weighted by Gasteiger charge is 2.13. The lowest BCUT2D eigenvalue weighted by Gasteiger charge is -2.08. The van der Waals surface area contributed by atoms with Crippen LogP contribution in [0.25, 0.3) is 16.9 Å². The molecule has 3 heterocycles. The predicted octanol–water partition coefficient (Wildman–Crippen LogP) is 0.958. The number of rotatable bonds is 4. The first-order valence-electron chi connectivity index (χ1n) is 6.08. The van der Waals surface area contributed by atoms with Crippen LogP contribution in [0.15, 0.2) is 17.4 Å². The number of hydrogen-bond donors (Lipinski definition) is 1. The molecule has 0 atom stereocenters. The SMILES string of the molecule is CCCCCn1c2nc[nH]c2c(=O)n2cnnc12. The molecule has 0 fully saturated rings. The van der Waals surface area contributed by atoms with Crippen LogP contribution >= 0.6 is 0 Å². The Morgan fingerprint density at radius 2 is 2.28 bits per heavy atom. The van der Waals surface area contributed by atoms with Crippen LogP contribution in [0.4, 0.5) is 0 Å². The van der Waals surface area contributed by atoms with Gasteiger partial charge in [0.15, 0.2) is 5.65 Å². The van der Waals surface area contributed by atoms with Crippen molar-refractivity contribution in [3.05, 3.63) is 23.0 Å². The van der Waals surface area contributed by atoms with Crippen molar-refractivity contribution in [2.75, 3.05) is 0 Å². The fraction of sp³-hybridized carbons (Fsp3) is 0.455. The first-order chi connectivity index (χ1) is 8.83. The van der Waals surface area contributed by atoms with Gasteiger partial charge in [0.2, 0.25) is 5.78 Å². The summed E-state index contributed by atoms with van der Waals surface area (Å²) in [6.45, 7) is 2.94. The van der Waals surface area contributed by atoms with Gasteiger partial charge in [0, 0.05) is 6.54 Å². The molecule has 3 rings (SSSR count). The number of unbranched alkanes of at least 4 members (excludes halogenated alkanes) is 2. The lowest BCUT2D eigenvalue weighted by Crippen LogP contribution is -2.18. The number of aromatic amines is 1.